The van der Waals surface area contributed by atoms with Crippen LogP contribution in [-0.4, -0.2) is 96.7 Å². The number of esters is 4. The molecular formula is C82H160O17P2. The molecule has 0 heterocycles. The molecule has 0 spiro atoms. The van der Waals surface area contributed by atoms with Crippen molar-refractivity contribution in [2.24, 2.45) is 11.8 Å². The lowest BCUT2D eigenvalue weighted by molar-refractivity contribution is -0.161. The quantitative estimate of drug-likeness (QED) is 0.0222. The van der Waals surface area contributed by atoms with Gasteiger partial charge in [-0.05, 0) is 37.5 Å². The molecule has 17 nitrogen and oxygen atoms in total. The van der Waals surface area contributed by atoms with Gasteiger partial charge in [-0.3, -0.25) is 37.3 Å². The first-order valence-corrected chi connectivity index (χ1v) is 45.6. The highest BCUT2D eigenvalue weighted by Gasteiger charge is 2.30. The van der Waals surface area contributed by atoms with Gasteiger partial charge in [-0.1, -0.05) is 382 Å². The highest BCUT2D eigenvalue weighted by Crippen LogP contribution is 2.45. The van der Waals surface area contributed by atoms with Gasteiger partial charge in [-0.15, -0.1) is 0 Å². The largest absolute Gasteiger partial charge is 0.472 e. The zero-order valence-corrected chi connectivity index (χ0v) is 68.0. The first kappa shape index (κ1) is 99.1. The van der Waals surface area contributed by atoms with Crippen LogP contribution in [0.3, 0.4) is 0 Å². The Labute approximate surface area is 619 Å². The number of aliphatic hydroxyl groups excluding tert-OH is 1. The molecule has 0 aliphatic carbocycles. The lowest BCUT2D eigenvalue weighted by atomic mass is 9.99. The predicted molar refractivity (Wildman–Crippen MR) is 414 cm³/mol. The summed E-state index contributed by atoms with van der Waals surface area (Å²) in [6, 6.07) is 0. The Hall–Kier alpha value is -1.94. The molecule has 0 bridgehead atoms. The Bertz CT molecular complexity index is 1950. The summed E-state index contributed by atoms with van der Waals surface area (Å²) in [4.78, 5) is 73.0. The normalized spacial score (nSPS) is 14.4. The van der Waals surface area contributed by atoms with Gasteiger partial charge < -0.3 is 33.8 Å². The molecule has 0 aliphatic rings. The van der Waals surface area contributed by atoms with Crippen molar-refractivity contribution in [2.75, 3.05) is 39.6 Å². The molecule has 0 saturated carbocycles. The second kappa shape index (κ2) is 73.6. The maximum atomic E-state index is 13.1. The molecule has 101 heavy (non-hydrogen) atoms. The number of ether oxygens (including phenoxy) is 4. The molecule has 4 unspecified atom stereocenters. The fraction of sp³-hybridized carbons (Fsp3) is 0.951. The number of hydrogen-bond acceptors (Lipinski definition) is 15. The van der Waals surface area contributed by atoms with Crippen LogP contribution in [0.15, 0.2) is 0 Å². The average molecular weight is 1480 g/mol. The minimum Gasteiger partial charge on any atom is -0.462 e. The number of hydrogen-bond donors (Lipinski definition) is 3. The molecule has 0 aliphatic heterocycles. The summed E-state index contributed by atoms with van der Waals surface area (Å²) in [6.07, 6.45) is 64.0. The molecule has 0 amide bonds. The molecule has 0 saturated heterocycles. The number of phosphoric ester groups is 2. The number of unbranched alkanes of at least 4 members (excludes halogenated alkanes) is 49. The first-order valence-electron chi connectivity index (χ1n) is 42.6. The van der Waals surface area contributed by atoms with Crippen LogP contribution in [0.25, 0.3) is 0 Å². The van der Waals surface area contributed by atoms with Gasteiger partial charge in [0.1, 0.15) is 19.3 Å². The summed E-state index contributed by atoms with van der Waals surface area (Å²) in [5, 5.41) is 10.6. The maximum Gasteiger partial charge on any atom is 0.472 e. The summed E-state index contributed by atoms with van der Waals surface area (Å²) in [5.41, 5.74) is 0. The van der Waals surface area contributed by atoms with Gasteiger partial charge in [-0.2, -0.15) is 0 Å². The van der Waals surface area contributed by atoms with Gasteiger partial charge in [0.2, 0.25) is 0 Å². The van der Waals surface area contributed by atoms with Crippen LogP contribution in [0.4, 0.5) is 0 Å². The fourth-order valence-electron chi connectivity index (χ4n) is 12.6. The van der Waals surface area contributed by atoms with Crippen LogP contribution in [0.2, 0.25) is 0 Å². The Morgan fingerprint density at radius 1 is 0.277 bits per heavy atom. The molecule has 0 rings (SSSR count). The average Bonchev–Trinajstić information content (AvgIpc) is 1.11. The van der Waals surface area contributed by atoms with Crippen molar-refractivity contribution in [1.82, 2.24) is 0 Å². The Kier molecular flexibility index (Phi) is 72.2. The lowest BCUT2D eigenvalue weighted by Gasteiger charge is -2.21. The number of rotatable bonds is 81. The van der Waals surface area contributed by atoms with Crippen LogP contribution < -0.4 is 0 Å². The van der Waals surface area contributed by atoms with E-state index in [1.54, 1.807) is 0 Å². The Balaban J connectivity index is 5.22. The van der Waals surface area contributed by atoms with Crippen LogP contribution in [0, 0.1) is 11.8 Å². The van der Waals surface area contributed by atoms with Gasteiger partial charge in [0.15, 0.2) is 12.2 Å². The molecule has 7 atom stereocenters. The molecule has 0 aromatic rings. The third-order valence-electron chi connectivity index (χ3n) is 19.9. The van der Waals surface area contributed by atoms with Crippen molar-refractivity contribution >= 4 is 39.5 Å². The van der Waals surface area contributed by atoms with Crippen molar-refractivity contribution in [2.45, 2.75) is 452 Å². The SMILES string of the molecule is CCCCCCCCCCCCCCCCCCCCCCC(=O)O[C@H](COC(=O)CCCCCCCCCCCCCCCCCCCCC)COP(=O)(O)OC[C@@H](O)COP(=O)(O)OC[C@@H](COC(=O)CCCCCCCCC(C)CC)OC(=O)CCCCCCCCCCC(C)CC. The summed E-state index contributed by atoms with van der Waals surface area (Å²) < 4.78 is 68.7. The summed E-state index contributed by atoms with van der Waals surface area (Å²) in [5.74, 6) is -0.611. The molecule has 0 fully saturated rings. The van der Waals surface area contributed by atoms with Gasteiger partial charge >= 0.3 is 39.5 Å². The minimum atomic E-state index is -4.96. The number of carbonyl (C=O) groups excluding carboxylic acids is 4. The van der Waals surface area contributed by atoms with E-state index >= 15 is 0 Å². The van der Waals surface area contributed by atoms with Crippen molar-refractivity contribution in [3.8, 4) is 0 Å². The van der Waals surface area contributed by atoms with Crippen molar-refractivity contribution in [3.63, 3.8) is 0 Å². The summed E-state index contributed by atoms with van der Waals surface area (Å²) in [7, 11) is -9.92. The molecular weight excluding hydrogens is 1320 g/mol. The van der Waals surface area contributed by atoms with E-state index in [0.717, 1.165) is 108 Å². The van der Waals surface area contributed by atoms with E-state index in [2.05, 4.69) is 41.5 Å². The number of carbonyl (C=O) groups is 4. The standard InChI is InChI=1S/C82H160O17P2/c1-7-11-13-15-17-19-21-23-25-27-29-31-33-35-37-39-41-46-54-60-66-81(86)98-77(70-92-79(84)64-58-52-45-40-38-36-34-32-30-28-26-24-22-20-18-16-14-12-8-2)72-96-100(88,89)94-68-76(83)69-95-101(90,91)97-73-78(71-93-80(85)65-59-53-49-48-51-57-63-75(6)10-4)99-82(87)67-61-55-47-43-42-44-50-56-62-74(5)9-3/h74-78,83H,7-73H2,1-6H3,(H,88,89)(H,90,91)/t74?,75?,76-,77-,78-/m1/s1. The molecule has 3 N–H and O–H groups in total. The second-order valence-electron chi connectivity index (χ2n) is 30.0. The number of phosphoric acid groups is 2. The Morgan fingerprint density at radius 2 is 0.475 bits per heavy atom. The third-order valence-corrected chi connectivity index (χ3v) is 21.8. The van der Waals surface area contributed by atoms with E-state index < -0.39 is 97.5 Å². The fourth-order valence-corrected chi connectivity index (χ4v) is 14.2. The van der Waals surface area contributed by atoms with Crippen molar-refractivity contribution in [1.29, 1.82) is 0 Å². The molecule has 0 aromatic heterocycles. The monoisotopic (exact) mass is 1480 g/mol. The van der Waals surface area contributed by atoms with E-state index in [9.17, 15) is 43.2 Å². The molecule has 0 radical (unpaired) electrons. The van der Waals surface area contributed by atoms with E-state index in [0.29, 0.717) is 25.7 Å². The van der Waals surface area contributed by atoms with Crippen LogP contribution in [0.1, 0.15) is 433 Å². The minimum absolute atomic E-state index is 0.104. The summed E-state index contributed by atoms with van der Waals surface area (Å²) in [6.45, 7) is 9.59. The van der Waals surface area contributed by atoms with E-state index in [1.165, 1.54) is 244 Å². The van der Waals surface area contributed by atoms with E-state index in [-0.39, 0.29) is 25.7 Å². The topological polar surface area (TPSA) is 237 Å². The van der Waals surface area contributed by atoms with Crippen molar-refractivity contribution < 1.29 is 80.2 Å². The van der Waals surface area contributed by atoms with Crippen LogP contribution in [-0.2, 0) is 65.4 Å². The zero-order valence-electron chi connectivity index (χ0n) is 66.2. The highest BCUT2D eigenvalue weighted by molar-refractivity contribution is 7.47. The lowest BCUT2D eigenvalue weighted by Crippen LogP contribution is -2.30. The van der Waals surface area contributed by atoms with Gasteiger partial charge in [0, 0.05) is 25.7 Å². The third kappa shape index (κ3) is 73.4. The number of aliphatic hydroxyl groups is 1. The van der Waals surface area contributed by atoms with Crippen LogP contribution >= 0.6 is 15.6 Å². The molecule has 600 valence electrons. The Morgan fingerprint density at radius 3 is 0.703 bits per heavy atom. The van der Waals surface area contributed by atoms with Crippen molar-refractivity contribution in [3.05, 3.63) is 0 Å². The predicted octanol–water partition coefficient (Wildman–Crippen LogP) is 24.7. The van der Waals surface area contributed by atoms with E-state index in [1.807, 2.05) is 0 Å². The maximum absolute atomic E-state index is 13.1. The highest BCUT2D eigenvalue weighted by atomic mass is 31.2. The zero-order chi connectivity index (χ0) is 74.2. The van der Waals surface area contributed by atoms with Gasteiger partial charge in [0.25, 0.3) is 0 Å². The summed E-state index contributed by atoms with van der Waals surface area (Å²) >= 11 is 0. The van der Waals surface area contributed by atoms with Gasteiger partial charge in [0.05, 0.1) is 26.4 Å². The molecule has 19 heteroatoms. The first-order chi connectivity index (χ1) is 48.9. The van der Waals surface area contributed by atoms with E-state index in [4.69, 9.17) is 37.0 Å². The molecule has 0 aromatic carbocycles. The van der Waals surface area contributed by atoms with Crippen LogP contribution in [0.5, 0.6) is 0 Å². The smallest absolute Gasteiger partial charge is 0.462 e. The van der Waals surface area contributed by atoms with Gasteiger partial charge in [-0.25, -0.2) is 9.13 Å². The second-order valence-corrected chi connectivity index (χ2v) is 32.9.